The van der Waals surface area contributed by atoms with E-state index in [-0.39, 0.29) is 11.4 Å². The third kappa shape index (κ3) is 6.63. The quantitative estimate of drug-likeness (QED) is 0.840. The number of ether oxygens (including phenoxy) is 1. The minimum Gasteiger partial charge on any atom is -0.497 e. The van der Waals surface area contributed by atoms with E-state index in [1.54, 1.807) is 7.11 Å². The van der Waals surface area contributed by atoms with Crippen LogP contribution in [-0.4, -0.2) is 36.5 Å². The summed E-state index contributed by atoms with van der Waals surface area (Å²) in [7, 11) is 1.65. The summed E-state index contributed by atoms with van der Waals surface area (Å²) in [5.41, 5.74) is 1.17. The molecule has 0 saturated carbocycles. The van der Waals surface area contributed by atoms with Crippen molar-refractivity contribution in [3.8, 4) is 5.75 Å². The van der Waals surface area contributed by atoms with E-state index in [2.05, 4.69) is 26.1 Å². The van der Waals surface area contributed by atoms with Gasteiger partial charge >= 0.3 is 0 Å². The van der Waals surface area contributed by atoms with Gasteiger partial charge in [-0.05, 0) is 45.4 Å². The second-order valence-electron chi connectivity index (χ2n) is 6.18. The highest BCUT2D eigenvalue weighted by Crippen LogP contribution is 2.13. The number of methoxy groups -OCH3 is 1. The number of nitrogens with zero attached hydrogens (tertiary/aromatic N) is 1. The van der Waals surface area contributed by atoms with Gasteiger partial charge in [0.1, 0.15) is 5.75 Å². The lowest BCUT2D eigenvalue weighted by Crippen LogP contribution is -2.39. The van der Waals surface area contributed by atoms with Crippen LogP contribution in [-0.2, 0) is 11.3 Å². The van der Waals surface area contributed by atoms with Crippen LogP contribution >= 0.6 is 0 Å². The zero-order valence-corrected chi connectivity index (χ0v) is 13.9. The largest absolute Gasteiger partial charge is 0.497 e. The van der Waals surface area contributed by atoms with E-state index in [0.717, 1.165) is 17.9 Å². The van der Waals surface area contributed by atoms with Crippen molar-refractivity contribution >= 4 is 5.91 Å². The number of carbonyl (C=O) groups excluding carboxylic acids is 1. The molecule has 0 aliphatic heterocycles. The molecule has 0 aliphatic rings. The first-order chi connectivity index (χ1) is 9.85. The molecule has 0 unspecified atom stereocenters. The molecule has 4 heteroatoms. The first-order valence-corrected chi connectivity index (χ1v) is 7.51. The minimum atomic E-state index is 0.0489. The van der Waals surface area contributed by atoms with Crippen LogP contribution in [0.15, 0.2) is 24.3 Å². The molecule has 4 nitrogen and oxygen atoms in total. The molecule has 1 amide bonds. The average Bonchev–Trinajstić information content (AvgIpc) is 2.43. The highest BCUT2D eigenvalue weighted by Gasteiger charge is 2.14. The molecule has 0 radical (unpaired) electrons. The second-order valence-corrected chi connectivity index (χ2v) is 6.18. The molecule has 118 valence electrons. The lowest BCUT2D eigenvalue weighted by Gasteiger charge is -2.24. The molecule has 0 saturated heterocycles. The van der Waals surface area contributed by atoms with E-state index >= 15 is 0 Å². The van der Waals surface area contributed by atoms with E-state index in [4.69, 9.17) is 4.74 Å². The average molecular weight is 292 g/mol. The summed E-state index contributed by atoms with van der Waals surface area (Å²) in [6, 6.07) is 7.86. The summed E-state index contributed by atoms with van der Waals surface area (Å²) in [5, 5.41) is 3.35. The number of carbonyl (C=O) groups is 1. The van der Waals surface area contributed by atoms with Crippen molar-refractivity contribution in [3.63, 3.8) is 0 Å². The fourth-order valence-electron chi connectivity index (χ4n) is 2.03. The molecule has 1 aromatic rings. The van der Waals surface area contributed by atoms with E-state index in [1.165, 1.54) is 0 Å². The molecule has 0 bridgehead atoms. The van der Waals surface area contributed by atoms with Crippen molar-refractivity contribution in [1.82, 2.24) is 10.2 Å². The summed E-state index contributed by atoms with van der Waals surface area (Å²) in [4.78, 5) is 14.1. The predicted octanol–water partition coefficient (Wildman–Crippen LogP) is 2.82. The maximum absolute atomic E-state index is 12.2. The van der Waals surface area contributed by atoms with Crippen molar-refractivity contribution in [2.24, 2.45) is 0 Å². The van der Waals surface area contributed by atoms with Crippen LogP contribution in [0.2, 0.25) is 0 Å². The van der Waals surface area contributed by atoms with E-state index in [0.29, 0.717) is 19.5 Å². The van der Waals surface area contributed by atoms with Crippen LogP contribution in [0.25, 0.3) is 0 Å². The molecule has 0 fully saturated rings. The van der Waals surface area contributed by atoms with Crippen molar-refractivity contribution < 1.29 is 9.53 Å². The Kier molecular flexibility index (Phi) is 6.69. The molecule has 0 atom stereocenters. The normalized spacial score (nSPS) is 11.3. The maximum Gasteiger partial charge on any atom is 0.224 e. The highest BCUT2D eigenvalue weighted by molar-refractivity contribution is 5.76. The maximum atomic E-state index is 12.2. The van der Waals surface area contributed by atoms with E-state index < -0.39 is 0 Å². The topological polar surface area (TPSA) is 41.6 Å². The number of hydrogen-bond acceptors (Lipinski definition) is 3. The Morgan fingerprint density at radius 1 is 1.24 bits per heavy atom. The Morgan fingerprint density at radius 2 is 1.86 bits per heavy atom. The van der Waals surface area contributed by atoms with Gasteiger partial charge in [-0.2, -0.15) is 0 Å². The van der Waals surface area contributed by atoms with Crippen molar-refractivity contribution in [1.29, 1.82) is 0 Å². The van der Waals surface area contributed by atoms with E-state index in [9.17, 15) is 4.79 Å². The van der Waals surface area contributed by atoms with Crippen LogP contribution in [0.3, 0.4) is 0 Å². The standard InChI is InChI=1S/C17H28N2O2/c1-6-19(16(20)11-12-18-17(2,3)4)13-14-7-9-15(21-5)10-8-14/h7-10,18H,6,11-13H2,1-5H3. The molecule has 0 heterocycles. The third-order valence-corrected chi connectivity index (χ3v) is 3.26. The molecule has 0 aromatic heterocycles. The van der Waals surface area contributed by atoms with Crippen LogP contribution in [0, 0.1) is 0 Å². The second kappa shape index (κ2) is 8.03. The molecule has 0 spiro atoms. The summed E-state index contributed by atoms with van der Waals surface area (Å²) in [6.07, 6.45) is 0.529. The van der Waals surface area contributed by atoms with Gasteiger partial charge in [0.2, 0.25) is 5.91 Å². The van der Waals surface area contributed by atoms with Gasteiger partial charge in [-0.25, -0.2) is 0 Å². The highest BCUT2D eigenvalue weighted by atomic mass is 16.5. The van der Waals surface area contributed by atoms with Crippen molar-refractivity contribution in [3.05, 3.63) is 29.8 Å². The summed E-state index contributed by atoms with van der Waals surface area (Å²) >= 11 is 0. The van der Waals surface area contributed by atoms with Crippen LogP contribution in [0.4, 0.5) is 0 Å². The first kappa shape index (κ1) is 17.5. The van der Waals surface area contributed by atoms with Gasteiger partial charge in [-0.1, -0.05) is 12.1 Å². The fourth-order valence-corrected chi connectivity index (χ4v) is 2.03. The number of rotatable bonds is 7. The Bertz CT molecular complexity index is 435. The molecule has 1 rings (SSSR count). The van der Waals surface area contributed by atoms with Gasteiger partial charge in [-0.3, -0.25) is 4.79 Å². The Hall–Kier alpha value is -1.55. The SMILES string of the molecule is CCN(Cc1ccc(OC)cc1)C(=O)CCNC(C)(C)C. The zero-order chi connectivity index (χ0) is 15.9. The van der Waals surface area contributed by atoms with Gasteiger partial charge in [0.05, 0.1) is 7.11 Å². The zero-order valence-electron chi connectivity index (χ0n) is 13.9. The molecule has 21 heavy (non-hydrogen) atoms. The summed E-state index contributed by atoms with van der Waals surface area (Å²) in [6.45, 7) is 10.4. The van der Waals surface area contributed by atoms with Crippen molar-refractivity contribution in [2.45, 2.75) is 46.2 Å². The van der Waals surface area contributed by atoms with E-state index in [1.807, 2.05) is 36.1 Å². The van der Waals surface area contributed by atoms with Gasteiger partial charge in [0, 0.05) is 31.6 Å². The Balaban J connectivity index is 2.51. The predicted molar refractivity (Wildman–Crippen MR) is 86.5 cm³/mol. The Morgan fingerprint density at radius 3 is 2.33 bits per heavy atom. The first-order valence-electron chi connectivity index (χ1n) is 7.51. The number of hydrogen-bond donors (Lipinski definition) is 1. The third-order valence-electron chi connectivity index (χ3n) is 3.26. The van der Waals surface area contributed by atoms with Crippen LogP contribution in [0.5, 0.6) is 5.75 Å². The van der Waals surface area contributed by atoms with Gasteiger partial charge < -0.3 is 15.0 Å². The molecular formula is C17H28N2O2. The molecule has 1 aromatic carbocycles. The summed E-state index contributed by atoms with van der Waals surface area (Å²) in [5.74, 6) is 1.02. The van der Waals surface area contributed by atoms with Crippen LogP contribution < -0.4 is 10.1 Å². The van der Waals surface area contributed by atoms with Gasteiger partial charge in [-0.15, -0.1) is 0 Å². The number of nitrogens with one attached hydrogen (secondary N) is 1. The van der Waals surface area contributed by atoms with Crippen LogP contribution in [0.1, 0.15) is 39.7 Å². The lowest BCUT2D eigenvalue weighted by atomic mass is 10.1. The Labute approximate surface area is 128 Å². The lowest BCUT2D eigenvalue weighted by molar-refractivity contribution is -0.131. The fraction of sp³-hybridized carbons (Fsp3) is 0.588. The van der Waals surface area contributed by atoms with Crippen molar-refractivity contribution in [2.75, 3.05) is 20.2 Å². The monoisotopic (exact) mass is 292 g/mol. The summed E-state index contributed by atoms with van der Waals surface area (Å²) < 4.78 is 5.14. The smallest absolute Gasteiger partial charge is 0.224 e. The van der Waals surface area contributed by atoms with Gasteiger partial charge in [0.25, 0.3) is 0 Å². The van der Waals surface area contributed by atoms with Gasteiger partial charge in [0.15, 0.2) is 0 Å². The number of amides is 1. The molecule has 0 aliphatic carbocycles. The number of benzene rings is 1. The molecular weight excluding hydrogens is 264 g/mol. The molecule has 1 N–H and O–H groups in total. The minimum absolute atomic E-state index is 0.0489.